The molecule has 5 heterocycles. The van der Waals surface area contributed by atoms with E-state index in [9.17, 15) is 14.3 Å². The first kappa shape index (κ1) is 22.1. The maximum Gasteiger partial charge on any atom is 0.261 e. The van der Waals surface area contributed by atoms with Gasteiger partial charge < -0.3 is 25.0 Å². The van der Waals surface area contributed by atoms with E-state index in [1.165, 1.54) is 18.2 Å². The smallest absolute Gasteiger partial charge is 0.261 e. The van der Waals surface area contributed by atoms with Crippen LogP contribution in [0.1, 0.15) is 34.6 Å². The number of ether oxygens (including phenoxy) is 1. The first-order chi connectivity index (χ1) is 16.9. The Morgan fingerprint density at radius 2 is 2.11 bits per heavy atom. The molecule has 3 aromatic rings. The molecule has 0 aliphatic carbocycles. The van der Waals surface area contributed by atoms with E-state index < -0.39 is 5.82 Å². The molecule has 35 heavy (non-hydrogen) atoms. The summed E-state index contributed by atoms with van der Waals surface area (Å²) in [4.78, 5) is 22.4. The summed E-state index contributed by atoms with van der Waals surface area (Å²) < 4.78 is 22.9. The molecule has 1 unspecified atom stereocenters. The Kier molecular flexibility index (Phi) is 5.12. The van der Waals surface area contributed by atoms with Crippen molar-refractivity contribution < 1.29 is 19.0 Å². The van der Waals surface area contributed by atoms with Crippen LogP contribution in [0.5, 0.6) is 11.5 Å². The van der Waals surface area contributed by atoms with Crippen molar-refractivity contribution in [1.29, 1.82) is 0 Å². The maximum absolute atomic E-state index is 14.9. The number of amides is 1. The summed E-state index contributed by atoms with van der Waals surface area (Å²) in [6.07, 6.45) is 1.80. The second-order valence-electron chi connectivity index (χ2n) is 9.09. The van der Waals surface area contributed by atoms with Crippen LogP contribution in [0, 0.1) is 5.82 Å². The molecule has 3 aliphatic rings. The number of piperazine rings is 1. The summed E-state index contributed by atoms with van der Waals surface area (Å²) in [5.41, 5.74) is 2.18. The molecule has 6 rings (SSSR count). The first-order valence-corrected chi connectivity index (χ1v) is 11.9. The predicted molar refractivity (Wildman–Crippen MR) is 127 cm³/mol. The van der Waals surface area contributed by atoms with E-state index in [0.29, 0.717) is 32.0 Å². The lowest BCUT2D eigenvalue weighted by Crippen LogP contribution is -2.55. The zero-order valence-electron chi connectivity index (χ0n) is 19.3. The van der Waals surface area contributed by atoms with E-state index >= 15 is 0 Å². The third-order valence-electron chi connectivity index (χ3n) is 7.09. The number of anilines is 1. The Bertz CT molecular complexity index is 1340. The van der Waals surface area contributed by atoms with Gasteiger partial charge in [-0.2, -0.15) is 5.10 Å². The van der Waals surface area contributed by atoms with Crippen molar-refractivity contribution in [2.24, 2.45) is 7.05 Å². The lowest BCUT2D eigenvalue weighted by Gasteiger charge is -2.34. The number of pyridine rings is 1. The molecule has 1 amide bonds. The van der Waals surface area contributed by atoms with Crippen molar-refractivity contribution in [2.75, 3.05) is 31.1 Å². The fraction of sp³-hybridized carbons (Fsp3) is 0.375. The monoisotopic (exact) mass is 498 g/mol. The first-order valence-electron chi connectivity index (χ1n) is 11.5. The zero-order chi connectivity index (χ0) is 24.4. The van der Waals surface area contributed by atoms with E-state index in [-0.39, 0.29) is 57.9 Å². The quantitative estimate of drug-likeness (QED) is 0.561. The second-order valence-corrected chi connectivity index (χ2v) is 9.46. The van der Waals surface area contributed by atoms with Crippen molar-refractivity contribution in [3.8, 4) is 22.8 Å². The van der Waals surface area contributed by atoms with E-state index in [2.05, 4.69) is 10.4 Å². The van der Waals surface area contributed by atoms with Gasteiger partial charge in [-0.1, -0.05) is 17.7 Å². The van der Waals surface area contributed by atoms with Crippen molar-refractivity contribution in [3.05, 3.63) is 52.1 Å². The molecule has 2 N–H and O–H groups in total. The molecule has 0 spiro atoms. The largest absolute Gasteiger partial charge is 0.507 e. The molecule has 0 radical (unpaired) electrons. The number of aryl methyl sites for hydroxylation is 1. The molecule has 1 aromatic carbocycles. The van der Waals surface area contributed by atoms with Gasteiger partial charge in [0.15, 0.2) is 5.75 Å². The molecule has 182 valence electrons. The Hall–Kier alpha value is -3.37. The number of aromatic hydroxyl groups is 1. The van der Waals surface area contributed by atoms with Crippen LogP contribution < -0.4 is 15.0 Å². The highest BCUT2D eigenvalue weighted by molar-refractivity contribution is 6.35. The molecular formula is C24H24ClFN6O3. The van der Waals surface area contributed by atoms with Crippen molar-refractivity contribution >= 4 is 23.3 Å². The average Bonchev–Trinajstić information content (AvgIpc) is 3.32. The molecule has 0 saturated carbocycles. The van der Waals surface area contributed by atoms with Crippen molar-refractivity contribution in [2.45, 2.75) is 25.6 Å². The van der Waals surface area contributed by atoms with Crippen LogP contribution in [-0.4, -0.2) is 63.0 Å². The van der Waals surface area contributed by atoms with Crippen LogP contribution in [0.15, 0.2) is 24.4 Å². The minimum atomic E-state index is -0.672. The fourth-order valence-corrected chi connectivity index (χ4v) is 5.64. The third-order valence-corrected chi connectivity index (χ3v) is 7.44. The number of carbonyl (C=O) groups excluding carboxylic acids is 1. The van der Waals surface area contributed by atoms with Crippen molar-refractivity contribution in [1.82, 2.24) is 25.0 Å². The summed E-state index contributed by atoms with van der Waals surface area (Å²) in [6.45, 7) is 4.50. The number of fused-ring (bicyclic) bond motifs is 3. The zero-order valence-corrected chi connectivity index (χ0v) is 20.0. The summed E-state index contributed by atoms with van der Waals surface area (Å²) in [5.74, 6) is -0.688. The molecule has 1 fully saturated rings. The lowest BCUT2D eigenvalue weighted by atomic mass is 10.1. The van der Waals surface area contributed by atoms with Crippen LogP contribution in [0.3, 0.4) is 0 Å². The van der Waals surface area contributed by atoms with Crippen LogP contribution in [0.4, 0.5) is 10.2 Å². The highest BCUT2D eigenvalue weighted by atomic mass is 35.5. The van der Waals surface area contributed by atoms with Gasteiger partial charge >= 0.3 is 0 Å². The van der Waals surface area contributed by atoms with E-state index in [4.69, 9.17) is 21.3 Å². The molecular weight excluding hydrogens is 475 g/mol. The van der Waals surface area contributed by atoms with Gasteiger partial charge in [0.1, 0.15) is 40.3 Å². The number of benzene rings is 1. The Morgan fingerprint density at radius 1 is 1.29 bits per heavy atom. The standard InChI is InChI=1S/C24H24ClFN6O3/c1-12-21-13(8-28-30(21)2)10-32(12)23-18-22(35-11-14-9-27-6-7-31(14)24(18)34)19(25)20(29-23)17-15(26)4-3-5-16(17)33/h3-5,8,12,14,27,33H,6-7,9-11H2,1-2H3/t12?,14-/m1/s1. The number of nitrogens with one attached hydrogen (secondary N) is 1. The SMILES string of the molecule is CC1c2c(cnn2C)CN1c1nc(-c2c(O)cccc2F)c(Cl)c2c1C(=O)N1CCNC[C@@H]1CO2. The highest BCUT2D eigenvalue weighted by Crippen LogP contribution is 2.48. The Balaban J connectivity index is 1.59. The van der Waals surface area contributed by atoms with E-state index in [1.54, 1.807) is 11.1 Å². The molecule has 9 nitrogen and oxygen atoms in total. The van der Waals surface area contributed by atoms with Crippen LogP contribution in [0.25, 0.3) is 11.3 Å². The van der Waals surface area contributed by atoms with Crippen LogP contribution >= 0.6 is 11.6 Å². The van der Waals surface area contributed by atoms with Crippen LogP contribution in [0.2, 0.25) is 5.02 Å². The number of aromatic nitrogens is 3. The van der Waals surface area contributed by atoms with Gasteiger partial charge in [0.25, 0.3) is 5.91 Å². The van der Waals surface area contributed by atoms with Gasteiger partial charge in [0.05, 0.1) is 29.5 Å². The molecule has 0 bridgehead atoms. The molecule has 2 atom stereocenters. The van der Waals surface area contributed by atoms with Gasteiger partial charge in [0.2, 0.25) is 0 Å². The van der Waals surface area contributed by atoms with E-state index in [1.807, 2.05) is 23.6 Å². The van der Waals surface area contributed by atoms with Crippen LogP contribution in [-0.2, 0) is 13.6 Å². The van der Waals surface area contributed by atoms with Gasteiger partial charge in [-0.05, 0) is 19.1 Å². The number of hydrogen-bond donors (Lipinski definition) is 2. The third kappa shape index (κ3) is 3.27. The lowest BCUT2D eigenvalue weighted by molar-refractivity contribution is 0.0606. The van der Waals surface area contributed by atoms with E-state index in [0.717, 1.165) is 11.3 Å². The maximum atomic E-state index is 14.9. The average molecular weight is 499 g/mol. The molecule has 3 aliphatic heterocycles. The second kappa shape index (κ2) is 8.10. The summed E-state index contributed by atoms with van der Waals surface area (Å²) in [6, 6.07) is 3.68. The Labute approximate surface area is 206 Å². The number of phenolic OH excluding ortho intramolecular Hbond substituents is 1. The number of phenols is 1. The number of rotatable bonds is 2. The molecule has 11 heteroatoms. The van der Waals surface area contributed by atoms with Crippen molar-refractivity contribution in [3.63, 3.8) is 0 Å². The number of hydrogen-bond acceptors (Lipinski definition) is 7. The predicted octanol–water partition coefficient (Wildman–Crippen LogP) is 2.87. The summed E-state index contributed by atoms with van der Waals surface area (Å²) in [5, 5.41) is 18.2. The summed E-state index contributed by atoms with van der Waals surface area (Å²) >= 11 is 6.76. The van der Waals surface area contributed by atoms with Gasteiger partial charge in [-0.25, -0.2) is 9.37 Å². The topological polar surface area (TPSA) is 95.8 Å². The normalized spacial score (nSPS) is 21.3. The van der Waals surface area contributed by atoms with Gasteiger partial charge in [0, 0.05) is 38.8 Å². The molecule has 1 saturated heterocycles. The number of nitrogens with zero attached hydrogens (tertiary/aromatic N) is 5. The fourth-order valence-electron chi connectivity index (χ4n) is 5.36. The Morgan fingerprint density at radius 3 is 2.89 bits per heavy atom. The minimum Gasteiger partial charge on any atom is -0.507 e. The number of carbonyl (C=O) groups is 1. The molecule has 2 aromatic heterocycles. The van der Waals surface area contributed by atoms with Gasteiger partial charge in [-0.3, -0.25) is 9.48 Å². The minimum absolute atomic E-state index is 0.00339. The number of halogens is 2. The summed E-state index contributed by atoms with van der Waals surface area (Å²) in [7, 11) is 1.87. The highest BCUT2D eigenvalue weighted by Gasteiger charge is 2.41. The van der Waals surface area contributed by atoms with Gasteiger partial charge in [-0.15, -0.1) is 0 Å².